The Kier molecular flexibility index (Phi) is 5.29. The zero-order valence-electron chi connectivity index (χ0n) is 17.6. The topological polar surface area (TPSA) is 105 Å². The maximum Gasteiger partial charge on any atom is 0.333 e. The van der Waals surface area contributed by atoms with E-state index >= 15 is 0 Å². The molecule has 0 atom stereocenters. The molecular formula is C23H23N5O3. The van der Waals surface area contributed by atoms with Gasteiger partial charge in [0.15, 0.2) is 11.2 Å². The number of aromatic nitrogens is 4. The van der Waals surface area contributed by atoms with Crippen LogP contribution in [0.2, 0.25) is 0 Å². The minimum absolute atomic E-state index is 0.272. The average Bonchev–Trinajstić information content (AvgIpc) is 3.17. The summed E-state index contributed by atoms with van der Waals surface area (Å²) in [6.07, 6.45) is 1.36. The molecule has 31 heavy (non-hydrogen) atoms. The number of fused-ring (bicyclic) bond motifs is 1. The van der Waals surface area contributed by atoms with E-state index in [-0.39, 0.29) is 12.4 Å². The minimum atomic E-state index is -1.08. The van der Waals surface area contributed by atoms with E-state index in [0.717, 1.165) is 11.3 Å². The Morgan fingerprint density at radius 3 is 2.39 bits per heavy atom. The molecule has 0 saturated heterocycles. The predicted octanol–water partition coefficient (Wildman–Crippen LogP) is 4.17. The molecule has 8 heteroatoms. The Labute approximate surface area is 179 Å². The van der Waals surface area contributed by atoms with Gasteiger partial charge in [-0.05, 0) is 57.2 Å². The lowest BCUT2D eigenvalue weighted by Gasteiger charge is -2.23. The van der Waals surface area contributed by atoms with Crippen LogP contribution in [0, 0.1) is 0 Å². The summed E-state index contributed by atoms with van der Waals surface area (Å²) in [4.78, 5) is 21.0. The lowest BCUT2D eigenvalue weighted by Crippen LogP contribution is -2.38. The summed E-state index contributed by atoms with van der Waals surface area (Å²) in [5.41, 5.74) is 6.93. The first kappa shape index (κ1) is 20.3. The van der Waals surface area contributed by atoms with E-state index in [0.29, 0.717) is 22.5 Å². The van der Waals surface area contributed by atoms with Crippen LogP contribution in [-0.2, 0) is 15.1 Å². The molecule has 4 rings (SSSR count). The Bertz CT molecular complexity index is 1220. The third-order valence-corrected chi connectivity index (χ3v) is 4.91. The van der Waals surface area contributed by atoms with Crippen LogP contribution in [0.15, 0.2) is 60.9 Å². The van der Waals surface area contributed by atoms with Gasteiger partial charge in [0.25, 0.3) is 0 Å². The molecule has 0 amide bonds. The fraction of sp³-hybridized carbons (Fsp3) is 0.217. The van der Waals surface area contributed by atoms with E-state index in [9.17, 15) is 4.79 Å². The minimum Gasteiger partial charge on any atom is -0.464 e. The van der Waals surface area contributed by atoms with E-state index in [1.165, 1.54) is 6.33 Å². The summed E-state index contributed by atoms with van der Waals surface area (Å²) >= 11 is 0. The second-order valence-corrected chi connectivity index (χ2v) is 7.44. The SMILES string of the molecule is CCOC(=O)C(C)(C)n1nc(-c2ccc(Oc3ccccc3)cc2)c2c(N)ncnc21. The van der Waals surface area contributed by atoms with Crippen LogP contribution in [-0.4, -0.2) is 32.3 Å². The first-order valence-corrected chi connectivity index (χ1v) is 9.92. The molecule has 0 unspecified atom stereocenters. The molecule has 2 aromatic heterocycles. The zero-order chi connectivity index (χ0) is 22.0. The number of carbonyl (C=O) groups excluding carboxylic acids is 1. The summed E-state index contributed by atoms with van der Waals surface area (Å²) < 4.78 is 12.6. The number of nitrogens with zero attached hydrogens (tertiary/aromatic N) is 4. The Balaban J connectivity index is 1.77. The van der Waals surface area contributed by atoms with Crippen LogP contribution in [0.1, 0.15) is 20.8 Å². The van der Waals surface area contributed by atoms with Crippen LogP contribution in [0.4, 0.5) is 5.82 Å². The van der Waals surface area contributed by atoms with Crippen molar-refractivity contribution in [2.75, 3.05) is 12.3 Å². The lowest BCUT2D eigenvalue weighted by atomic mass is 10.1. The maximum atomic E-state index is 12.6. The smallest absolute Gasteiger partial charge is 0.333 e. The molecule has 158 valence electrons. The number of nitrogen functional groups attached to an aromatic ring is 1. The lowest BCUT2D eigenvalue weighted by molar-refractivity contribution is -0.152. The number of ether oxygens (including phenoxy) is 2. The molecule has 2 aromatic carbocycles. The Morgan fingerprint density at radius 1 is 1.03 bits per heavy atom. The third kappa shape index (κ3) is 3.79. The molecule has 2 N–H and O–H groups in total. The van der Waals surface area contributed by atoms with Crippen molar-refractivity contribution in [3.63, 3.8) is 0 Å². The molecule has 0 spiro atoms. The number of nitrogens with two attached hydrogens (primary N) is 1. The van der Waals surface area contributed by atoms with E-state index in [2.05, 4.69) is 9.97 Å². The van der Waals surface area contributed by atoms with Crippen LogP contribution in [0.25, 0.3) is 22.3 Å². The van der Waals surface area contributed by atoms with Gasteiger partial charge in [0, 0.05) is 5.56 Å². The van der Waals surface area contributed by atoms with Gasteiger partial charge in [-0.15, -0.1) is 0 Å². The first-order valence-electron chi connectivity index (χ1n) is 9.92. The molecule has 0 aliphatic rings. The van der Waals surface area contributed by atoms with Crippen LogP contribution in [0.3, 0.4) is 0 Å². The summed E-state index contributed by atoms with van der Waals surface area (Å²) in [7, 11) is 0. The largest absolute Gasteiger partial charge is 0.464 e. The van der Waals surface area contributed by atoms with Gasteiger partial charge in [-0.2, -0.15) is 5.10 Å². The molecule has 0 bridgehead atoms. The van der Waals surface area contributed by atoms with Gasteiger partial charge < -0.3 is 15.2 Å². The predicted molar refractivity (Wildman–Crippen MR) is 118 cm³/mol. The van der Waals surface area contributed by atoms with Crippen molar-refractivity contribution in [2.24, 2.45) is 0 Å². The number of rotatable bonds is 6. The number of benzene rings is 2. The van der Waals surface area contributed by atoms with Crippen molar-refractivity contribution in [2.45, 2.75) is 26.3 Å². The van der Waals surface area contributed by atoms with Crippen molar-refractivity contribution in [1.29, 1.82) is 0 Å². The summed E-state index contributed by atoms with van der Waals surface area (Å²) in [6.45, 7) is 5.50. The van der Waals surface area contributed by atoms with Gasteiger partial charge in [0.1, 0.15) is 29.3 Å². The number of hydrogen-bond donors (Lipinski definition) is 1. The van der Waals surface area contributed by atoms with E-state index in [4.69, 9.17) is 20.3 Å². The number of esters is 1. The molecule has 0 aliphatic heterocycles. The Morgan fingerprint density at radius 2 is 1.71 bits per heavy atom. The number of anilines is 1. The third-order valence-electron chi connectivity index (χ3n) is 4.91. The maximum absolute atomic E-state index is 12.6. The number of para-hydroxylation sites is 1. The van der Waals surface area contributed by atoms with Gasteiger partial charge in [-0.25, -0.2) is 19.4 Å². The molecule has 4 aromatic rings. The van der Waals surface area contributed by atoms with Crippen molar-refractivity contribution in [3.8, 4) is 22.8 Å². The van der Waals surface area contributed by atoms with Gasteiger partial charge in [-0.3, -0.25) is 0 Å². The fourth-order valence-corrected chi connectivity index (χ4v) is 3.27. The second-order valence-electron chi connectivity index (χ2n) is 7.44. The summed E-state index contributed by atoms with van der Waals surface area (Å²) in [6, 6.07) is 17.0. The Hall–Kier alpha value is -3.94. The average molecular weight is 417 g/mol. The highest BCUT2D eigenvalue weighted by Crippen LogP contribution is 2.34. The second kappa shape index (κ2) is 8.06. The van der Waals surface area contributed by atoms with Gasteiger partial charge in [-0.1, -0.05) is 18.2 Å². The quantitative estimate of drug-likeness (QED) is 0.470. The van der Waals surface area contributed by atoms with Crippen molar-refractivity contribution in [3.05, 3.63) is 60.9 Å². The van der Waals surface area contributed by atoms with E-state index < -0.39 is 11.5 Å². The first-order chi connectivity index (χ1) is 14.9. The van der Waals surface area contributed by atoms with Crippen LogP contribution in [0.5, 0.6) is 11.5 Å². The molecule has 0 radical (unpaired) electrons. The summed E-state index contributed by atoms with van der Waals surface area (Å²) in [5, 5.41) is 5.28. The van der Waals surface area contributed by atoms with Crippen molar-refractivity contribution < 1.29 is 14.3 Å². The van der Waals surface area contributed by atoms with Gasteiger partial charge in [0.05, 0.1) is 12.0 Å². The van der Waals surface area contributed by atoms with Crippen LogP contribution >= 0.6 is 0 Å². The standard InChI is InChI=1S/C23H23N5O3/c1-4-30-22(29)23(2,3)28-21-18(20(24)25-14-26-21)19(27-28)15-10-12-17(13-11-15)31-16-8-6-5-7-9-16/h5-14H,4H2,1-3H3,(H2,24,25,26). The van der Waals surface area contributed by atoms with Crippen LogP contribution < -0.4 is 10.5 Å². The fourth-order valence-electron chi connectivity index (χ4n) is 3.27. The highest BCUT2D eigenvalue weighted by atomic mass is 16.5. The number of hydrogen-bond acceptors (Lipinski definition) is 7. The molecule has 8 nitrogen and oxygen atoms in total. The highest BCUT2D eigenvalue weighted by Gasteiger charge is 2.35. The zero-order valence-corrected chi connectivity index (χ0v) is 17.6. The molecule has 0 aliphatic carbocycles. The molecule has 0 saturated carbocycles. The van der Waals surface area contributed by atoms with Crippen molar-refractivity contribution in [1.82, 2.24) is 19.7 Å². The van der Waals surface area contributed by atoms with E-state index in [1.807, 2.05) is 54.6 Å². The van der Waals surface area contributed by atoms with Crippen molar-refractivity contribution >= 4 is 22.8 Å². The van der Waals surface area contributed by atoms with Gasteiger partial charge in [0.2, 0.25) is 0 Å². The molecule has 2 heterocycles. The normalized spacial score (nSPS) is 11.5. The summed E-state index contributed by atoms with van der Waals surface area (Å²) in [5.74, 6) is 1.32. The number of carbonyl (C=O) groups is 1. The molecule has 0 fully saturated rings. The molecular weight excluding hydrogens is 394 g/mol. The van der Waals surface area contributed by atoms with Gasteiger partial charge >= 0.3 is 5.97 Å². The highest BCUT2D eigenvalue weighted by molar-refractivity contribution is 5.99. The van der Waals surface area contributed by atoms with E-state index in [1.54, 1.807) is 25.5 Å². The monoisotopic (exact) mass is 417 g/mol.